The van der Waals surface area contributed by atoms with Crippen molar-refractivity contribution in [2.75, 3.05) is 12.1 Å². The van der Waals surface area contributed by atoms with Gasteiger partial charge < -0.3 is 19.4 Å². The number of ether oxygens (including phenoxy) is 2. The van der Waals surface area contributed by atoms with Crippen molar-refractivity contribution in [3.8, 4) is 23.3 Å². The van der Waals surface area contributed by atoms with E-state index in [0.717, 1.165) is 34.0 Å². The predicted molar refractivity (Wildman–Crippen MR) is 115 cm³/mol. The minimum absolute atomic E-state index is 0.0455. The van der Waals surface area contributed by atoms with Gasteiger partial charge in [-0.2, -0.15) is 5.26 Å². The zero-order valence-electron chi connectivity index (χ0n) is 17.0. The number of aromatic nitrogens is 1. The van der Waals surface area contributed by atoms with E-state index in [-0.39, 0.29) is 12.4 Å². The van der Waals surface area contributed by atoms with Gasteiger partial charge in [-0.05, 0) is 62.2 Å². The Labute approximate surface area is 175 Å². The molecular weight excluding hydrogens is 378 g/mol. The fourth-order valence-corrected chi connectivity index (χ4v) is 3.56. The fraction of sp³-hybridized carbons (Fsp3) is 0.167. The number of carbonyl (C=O) groups is 1. The molecule has 1 aromatic heterocycles. The van der Waals surface area contributed by atoms with E-state index in [2.05, 4.69) is 9.88 Å². The van der Waals surface area contributed by atoms with Crippen LogP contribution in [0.3, 0.4) is 0 Å². The van der Waals surface area contributed by atoms with Crippen LogP contribution < -0.4 is 14.8 Å². The standard InChI is InChI=1S/C24H21N3O3/c1-15-6-4-5-7-21(15)26-24(28)19(13-25)11-18-10-16(2)27(17(18)3)20-8-9-22-23(12-20)30-14-29-22/h4-12H,14H2,1-3H3,(H,26,28)/b19-11-. The molecule has 0 atom stereocenters. The van der Waals surface area contributed by atoms with Gasteiger partial charge in [0, 0.05) is 28.8 Å². The van der Waals surface area contributed by atoms with Crippen molar-refractivity contribution in [3.63, 3.8) is 0 Å². The van der Waals surface area contributed by atoms with Gasteiger partial charge in [0.2, 0.25) is 6.79 Å². The summed E-state index contributed by atoms with van der Waals surface area (Å²) in [5.74, 6) is 0.994. The molecule has 0 radical (unpaired) electrons. The van der Waals surface area contributed by atoms with Gasteiger partial charge in [-0.25, -0.2) is 0 Å². The summed E-state index contributed by atoms with van der Waals surface area (Å²) in [6, 6.07) is 17.2. The highest BCUT2D eigenvalue weighted by Crippen LogP contribution is 2.35. The van der Waals surface area contributed by atoms with Crippen molar-refractivity contribution in [3.05, 3.63) is 76.6 Å². The van der Waals surface area contributed by atoms with Crippen LogP contribution in [0, 0.1) is 32.1 Å². The lowest BCUT2D eigenvalue weighted by molar-refractivity contribution is -0.112. The molecule has 150 valence electrons. The van der Waals surface area contributed by atoms with E-state index in [1.54, 1.807) is 6.08 Å². The van der Waals surface area contributed by atoms with E-state index in [1.165, 1.54) is 0 Å². The molecule has 0 saturated heterocycles. The SMILES string of the molecule is Cc1ccccc1NC(=O)/C(C#N)=C\c1cc(C)n(-c2ccc3c(c2)OCO3)c1C. The molecule has 0 spiro atoms. The Bertz CT molecular complexity index is 1210. The molecule has 0 aliphatic carbocycles. The normalized spacial score (nSPS) is 12.5. The maximum atomic E-state index is 12.7. The van der Waals surface area contributed by atoms with Gasteiger partial charge in [0.15, 0.2) is 11.5 Å². The van der Waals surface area contributed by atoms with Gasteiger partial charge in [0.05, 0.1) is 0 Å². The predicted octanol–water partition coefficient (Wildman–Crippen LogP) is 4.68. The Balaban J connectivity index is 1.66. The summed E-state index contributed by atoms with van der Waals surface area (Å²) in [7, 11) is 0. The van der Waals surface area contributed by atoms with Crippen molar-refractivity contribution in [2.45, 2.75) is 20.8 Å². The van der Waals surface area contributed by atoms with Gasteiger partial charge >= 0.3 is 0 Å². The molecule has 6 heteroatoms. The highest BCUT2D eigenvalue weighted by Gasteiger charge is 2.17. The number of nitriles is 1. The Morgan fingerprint density at radius 1 is 1.10 bits per heavy atom. The minimum Gasteiger partial charge on any atom is -0.454 e. The lowest BCUT2D eigenvalue weighted by Gasteiger charge is -2.10. The highest BCUT2D eigenvalue weighted by atomic mass is 16.7. The number of nitrogens with zero attached hydrogens (tertiary/aromatic N) is 2. The third kappa shape index (κ3) is 3.53. The zero-order chi connectivity index (χ0) is 21.3. The minimum atomic E-state index is -0.431. The molecule has 0 bridgehead atoms. The van der Waals surface area contributed by atoms with E-state index in [4.69, 9.17) is 9.47 Å². The molecule has 1 aliphatic rings. The quantitative estimate of drug-likeness (QED) is 0.511. The van der Waals surface area contributed by atoms with Gasteiger partial charge in [0.1, 0.15) is 11.6 Å². The zero-order valence-corrected chi connectivity index (χ0v) is 17.0. The Hall–Kier alpha value is -3.98. The number of hydrogen-bond acceptors (Lipinski definition) is 4. The van der Waals surface area contributed by atoms with Crippen molar-refractivity contribution in [1.29, 1.82) is 5.26 Å². The van der Waals surface area contributed by atoms with E-state index < -0.39 is 5.91 Å². The largest absolute Gasteiger partial charge is 0.454 e. The average molecular weight is 399 g/mol. The lowest BCUT2D eigenvalue weighted by Crippen LogP contribution is -2.14. The molecule has 0 unspecified atom stereocenters. The molecule has 4 rings (SSSR count). The summed E-state index contributed by atoms with van der Waals surface area (Å²) in [6.07, 6.45) is 1.62. The van der Waals surface area contributed by atoms with E-state index in [9.17, 15) is 10.1 Å². The second-order valence-corrected chi connectivity index (χ2v) is 7.14. The summed E-state index contributed by atoms with van der Waals surface area (Å²) >= 11 is 0. The van der Waals surface area contributed by atoms with E-state index >= 15 is 0 Å². The van der Waals surface area contributed by atoms with Crippen LogP contribution in [-0.4, -0.2) is 17.3 Å². The molecule has 0 fully saturated rings. The van der Waals surface area contributed by atoms with Gasteiger partial charge in [-0.15, -0.1) is 0 Å². The number of rotatable bonds is 4. The molecule has 2 aromatic carbocycles. The molecule has 0 saturated carbocycles. The van der Waals surface area contributed by atoms with Crippen LogP contribution in [0.1, 0.15) is 22.5 Å². The van der Waals surface area contributed by atoms with Crippen LogP contribution in [0.5, 0.6) is 11.5 Å². The first-order valence-electron chi connectivity index (χ1n) is 9.55. The third-order valence-electron chi connectivity index (χ3n) is 5.14. The maximum absolute atomic E-state index is 12.7. The fourth-order valence-electron chi connectivity index (χ4n) is 3.56. The van der Waals surface area contributed by atoms with Crippen LogP contribution in [0.15, 0.2) is 54.1 Å². The summed E-state index contributed by atoms with van der Waals surface area (Å²) in [4.78, 5) is 12.7. The molecule has 3 aromatic rings. The van der Waals surface area contributed by atoms with Crippen molar-refractivity contribution in [2.24, 2.45) is 0 Å². The Kier molecular flexibility index (Phi) is 5.03. The molecule has 30 heavy (non-hydrogen) atoms. The Morgan fingerprint density at radius 3 is 2.63 bits per heavy atom. The number of fused-ring (bicyclic) bond motifs is 1. The first-order valence-corrected chi connectivity index (χ1v) is 9.55. The first-order chi connectivity index (χ1) is 14.5. The van der Waals surface area contributed by atoms with Gasteiger partial charge in [-0.1, -0.05) is 18.2 Å². The van der Waals surface area contributed by atoms with Crippen LogP contribution in [-0.2, 0) is 4.79 Å². The van der Waals surface area contributed by atoms with Crippen LogP contribution in [0.4, 0.5) is 5.69 Å². The number of amides is 1. The number of carbonyl (C=O) groups excluding carboxylic acids is 1. The molecular formula is C24H21N3O3. The third-order valence-corrected chi connectivity index (χ3v) is 5.14. The molecule has 6 nitrogen and oxygen atoms in total. The Morgan fingerprint density at radius 2 is 1.87 bits per heavy atom. The van der Waals surface area contributed by atoms with Crippen LogP contribution >= 0.6 is 0 Å². The summed E-state index contributed by atoms with van der Waals surface area (Å²) in [5, 5.41) is 12.4. The van der Waals surface area contributed by atoms with E-state index in [1.807, 2.05) is 75.4 Å². The number of aryl methyl sites for hydroxylation is 2. The topological polar surface area (TPSA) is 76.3 Å². The second-order valence-electron chi connectivity index (χ2n) is 7.14. The van der Waals surface area contributed by atoms with Crippen LogP contribution in [0.2, 0.25) is 0 Å². The molecule has 1 N–H and O–H groups in total. The van der Waals surface area contributed by atoms with Gasteiger partial charge in [0.25, 0.3) is 5.91 Å². The summed E-state index contributed by atoms with van der Waals surface area (Å²) < 4.78 is 12.9. The van der Waals surface area contributed by atoms with Gasteiger partial charge in [-0.3, -0.25) is 4.79 Å². The first kappa shape index (κ1) is 19.3. The average Bonchev–Trinajstić information content (AvgIpc) is 3.31. The smallest absolute Gasteiger partial charge is 0.266 e. The molecule has 2 heterocycles. The van der Waals surface area contributed by atoms with Crippen molar-refractivity contribution >= 4 is 17.7 Å². The second kappa shape index (κ2) is 7.80. The van der Waals surface area contributed by atoms with E-state index in [0.29, 0.717) is 11.4 Å². The number of anilines is 1. The number of para-hydroxylation sites is 1. The number of nitrogens with one attached hydrogen (secondary N) is 1. The van der Waals surface area contributed by atoms with Crippen LogP contribution in [0.25, 0.3) is 11.8 Å². The summed E-state index contributed by atoms with van der Waals surface area (Å²) in [5.41, 5.74) is 5.30. The molecule has 1 aliphatic heterocycles. The lowest BCUT2D eigenvalue weighted by atomic mass is 10.1. The highest BCUT2D eigenvalue weighted by molar-refractivity contribution is 6.10. The molecule has 1 amide bonds. The van der Waals surface area contributed by atoms with Crippen molar-refractivity contribution < 1.29 is 14.3 Å². The number of hydrogen-bond donors (Lipinski definition) is 1. The summed E-state index contributed by atoms with van der Waals surface area (Å²) in [6.45, 7) is 6.06. The van der Waals surface area contributed by atoms with Crippen molar-refractivity contribution in [1.82, 2.24) is 4.57 Å². The monoisotopic (exact) mass is 399 g/mol. The number of benzene rings is 2. The maximum Gasteiger partial charge on any atom is 0.266 e.